The predicted octanol–water partition coefficient (Wildman–Crippen LogP) is 2.43. The number of para-hydroxylation sites is 1. The van der Waals surface area contributed by atoms with Crippen LogP contribution in [0.3, 0.4) is 0 Å². The van der Waals surface area contributed by atoms with Crippen LogP contribution in [0, 0.1) is 0 Å². The molecule has 0 fully saturated rings. The third kappa shape index (κ3) is 4.69. The molecule has 0 saturated heterocycles. The Balaban J connectivity index is 2.30. The number of hydrogen-bond donors (Lipinski definition) is 2. The first-order valence-electron chi connectivity index (χ1n) is 4.53. The number of alkyl halides is 3. The Labute approximate surface area is 85.7 Å². The highest BCUT2D eigenvalue weighted by atomic mass is 19.4. The van der Waals surface area contributed by atoms with Crippen molar-refractivity contribution in [3.63, 3.8) is 0 Å². The lowest BCUT2D eigenvalue weighted by molar-refractivity contribution is -0.133. The summed E-state index contributed by atoms with van der Waals surface area (Å²) in [6, 6.07) is 6.55. The van der Waals surface area contributed by atoms with Gasteiger partial charge in [-0.1, -0.05) is 18.2 Å². The van der Waals surface area contributed by atoms with Crippen molar-refractivity contribution in [3.8, 4) is 5.75 Å². The lowest BCUT2D eigenvalue weighted by Gasteiger charge is -2.08. The molecule has 84 valence electrons. The van der Waals surface area contributed by atoms with Gasteiger partial charge < -0.3 is 10.4 Å². The molecule has 0 spiro atoms. The Bertz CT molecular complexity index is 312. The van der Waals surface area contributed by atoms with Crippen molar-refractivity contribution in [1.29, 1.82) is 0 Å². The Hall–Kier alpha value is -1.23. The Morgan fingerprint density at radius 3 is 2.47 bits per heavy atom. The smallest absolute Gasteiger partial charge is 0.390 e. The maximum absolute atomic E-state index is 11.8. The normalized spacial score (nSPS) is 11.7. The molecule has 0 aliphatic rings. The van der Waals surface area contributed by atoms with Crippen LogP contribution < -0.4 is 5.32 Å². The van der Waals surface area contributed by atoms with Crippen molar-refractivity contribution in [2.75, 3.05) is 6.54 Å². The Morgan fingerprint density at radius 2 is 1.87 bits per heavy atom. The highest BCUT2D eigenvalue weighted by molar-refractivity contribution is 5.31. The number of phenolic OH excluding ortho intramolecular Hbond substituents is 1. The average Bonchev–Trinajstić information content (AvgIpc) is 2.13. The zero-order chi connectivity index (χ0) is 11.3. The molecule has 1 rings (SSSR count). The van der Waals surface area contributed by atoms with Crippen molar-refractivity contribution in [1.82, 2.24) is 5.32 Å². The molecule has 0 heterocycles. The number of halogens is 3. The largest absolute Gasteiger partial charge is 0.508 e. The van der Waals surface area contributed by atoms with E-state index in [0.717, 1.165) is 0 Å². The monoisotopic (exact) mass is 219 g/mol. The fourth-order valence-corrected chi connectivity index (χ4v) is 1.11. The number of nitrogens with one attached hydrogen (secondary N) is 1. The van der Waals surface area contributed by atoms with E-state index in [1.807, 2.05) is 0 Å². The summed E-state index contributed by atoms with van der Waals surface area (Å²) < 4.78 is 35.3. The Morgan fingerprint density at radius 1 is 1.20 bits per heavy atom. The highest BCUT2D eigenvalue weighted by Gasteiger charge is 2.25. The number of phenols is 1. The van der Waals surface area contributed by atoms with Crippen LogP contribution in [0.2, 0.25) is 0 Å². The molecule has 2 N–H and O–H groups in total. The zero-order valence-electron chi connectivity index (χ0n) is 8.01. The first-order chi connectivity index (χ1) is 6.99. The van der Waals surface area contributed by atoms with E-state index < -0.39 is 12.6 Å². The van der Waals surface area contributed by atoms with Crippen molar-refractivity contribution >= 4 is 0 Å². The molecule has 15 heavy (non-hydrogen) atoms. The fourth-order valence-electron chi connectivity index (χ4n) is 1.11. The molecule has 2 nitrogen and oxygen atoms in total. The lowest BCUT2D eigenvalue weighted by atomic mass is 10.2. The third-order valence-corrected chi connectivity index (χ3v) is 1.89. The second kappa shape index (κ2) is 5.02. The predicted molar refractivity (Wildman–Crippen MR) is 50.5 cm³/mol. The van der Waals surface area contributed by atoms with Gasteiger partial charge in [-0.3, -0.25) is 0 Å². The van der Waals surface area contributed by atoms with Gasteiger partial charge in [0, 0.05) is 18.7 Å². The van der Waals surface area contributed by atoms with Crippen molar-refractivity contribution in [3.05, 3.63) is 29.8 Å². The van der Waals surface area contributed by atoms with E-state index in [-0.39, 0.29) is 18.8 Å². The van der Waals surface area contributed by atoms with Crippen molar-refractivity contribution in [2.24, 2.45) is 0 Å². The van der Waals surface area contributed by atoms with Gasteiger partial charge in [0.05, 0.1) is 6.42 Å². The number of benzene rings is 1. The molecule has 0 radical (unpaired) electrons. The van der Waals surface area contributed by atoms with Crippen molar-refractivity contribution < 1.29 is 18.3 Å². The number of hydrogen-bond acceptors (Lipinski definition) is 2. The minimum Gasteiger partial charge on any atom is -0.508 e. The van der Waals surface area contributed by atoms with Gasteiger partial charge in [0.2, 0.25) is 0 Å². The summed E-state index contributed by atoms with van der Waals surface area (Å²) in [5.41, 5.74) is 0.597. The molecule has 0 amide bonds. The van der Waals surface area contributed by atoms with E-state index in [1.165, 1.54) is 6.07 Å². The van der Waals surface area contributed by atoms with Crippen LogP contribution in [0.25, 0.3) is 0 Å². The van der Waals surface area contributed by atoms with Crippen LogP contribution in [0.4, 0.5) is 13.2 Å². The molecule has 1 aromatic rings. The van der Waals surface area contributed by atoms with Crippen LogP contribution in [0.15, 0.2) is 24.3 Å². The van der Waals surface area contributed by atoms with Crippen LogP contribution in [0.5, 0.6) is 5.75 Å². The molecule has 0 saturated carbocycles. The van der Waals surface area contributed by atoms with Crippen LogP contribution in [-0.4, -0.2) is 17.8 Å². The molecule has 0 aliphatic carbocycles. The maximum atomic E-state index is 11.8. The number of rotatable bonds is 4. The first kappa shape index (κ1) is 11.8. The summed E-state index contributed by atoms with van der Waals surface area (Å²) >= 11 is 0. The first-order valence-corrected chi connectivity index (χ1v) is 4.53. The van der Waals surface area contributed by atoms with Gasteiger partial charge in [-0.05, 0) is 6.07 Å². The summed E-state index contributed by atoms with van der Waals surface area (Å²) in [5.74, 6) is 0.0945. The van der Waals surface area contributed by atoms with Crippen LogP contribution in [0.1, 0.15) is 12.0 Å². The number of aromatic hydroxyl groups is 1. The van der Waals surface area contributed by atoms with E-state index >= 15 is 0 Å². The molecule has 0 aromatic heterocycles. The molecule has 0 unspecified atom stereocenters. The summed E-state index contributed by atoms with van der Waals surface area (Å²) in [6.45, 7) is 0.0978. The van der Waals surface area contributed by atoms with Gasteiger partial charge in [-0.25, -0.2) is 0 Å². The standard InChI is InChI=1S/C10H12F3NO/c11-10(12,13)5-6-14-7-8-3-1-2-4-9(8)15/h1-4,14-15H,5-7H2. The Kier molecular flexibility index (Phi) is 3.96. The van der Waals surface area contributed by atoms with E-state index in [2.05, 4.69) is 5.32 Å². The lowest BCUT2D eigenvalue weighted by Crippen LogP contribution is -2.21. The second-order valence-electron chi connectivity index (χ2n) is 3.17. The van der Waals surface area contributed by atoms with E-state index in [9.17, 15) is 18.3 Å². The summed E-state index contributed by atoms with van der Waals surface area (Å²) in [7, 11) is 0. The molecular weight excluding hydrogens is 207 g/mol. The quantitative estimate of drug-likeness (QED) is 0.762. The summed E-state index contributed by atoms with van der Waals surface area (Å²) in [6.07, 6.45) is -4.99. The van der Waals surface area contributed by atoms with E-state index in [1.54, 1.807) is 18.2 Å². The molecule has 0 atom stereocenters. The van der Waals surface area contributed by atoms with Crippen LogP contribution in [-0.2, 0) is 6.54 Å². The summed E-state index contributed by atoms with van der Waals surface area (Å²) in [4.78, 5) is 0. The molecular formula is C10H12F3NO. The van der Waals surface area contributed by atoms with Gasteiger partial charge in [0.15, 0.2) is 0 Å². The van der Waals surface area contributed by atoms with Gasteiger partial charge in [-0.15, -0.1) is 0 Å². The topological polar surface area (TPSA) is 32.3 Å². The molecule has 0 bridgehead atoms. The molecule has 0 aliphatic heterocycles. The highest BCUT2D eigenvalue weighted by Crippen LogP contribution is 2.19. The van der Waals surface area contributed by atoms with E-state index in [0.29, 0.717) is 5.56 Å². The average molecular weight is 219 g/mol. The second-order valence-corrected chi connectivity index (χ2v) is 3.17. The minimum atomic E-state index is -4.13. The fraction of sp³-hybridized carbons (Fsp3) is 0.400. The molecule has 1 aromatic carbocycles. The van der Waals surface area contributed by atoms with E-state index in [4.69, 9.17) is 0 Å². The summed E-state index contributed by atoms with van der Waals surface area (Å²) in [5, 5.41) is 11.9. The van der Waals surface area contributed by atoms with Crippen LogP contribution >= 0.6 is 0 Å². The minimum absolute atomic E-state index is 0.0945. The zero-order valence-corrected chi connectivity index (χ0v) is 8.01. The molecule has 5 heteroatoms. The third-order valence-electron chi connectivity index (χ3n) is 1.89. The van der Waals surface area contributed by atoms with Crippen molar-refractivity contribution in [2.45, 2.75) is 19.1 Å². The maximum Gasteiger partial charge on any atom is 0.390 e. The van der Waals surface area contributed by atoms with Gasteiger partial charge in [0.1, 0.15) is 5.75 Å². The van der Waals surface area contributed by atoms with Gasteiger partial charge in [0.25, 0.3) is 0 Å². The van der Waals surface area contributed by atoms with Gasteiger partial charge in [-0.2, -0.15) is 13.2 Å². The SMILES string of the molecule is Oc1ccccc1CNCCC(F)(F)F. The van der Waals surface area contributed by atoms with Gasteiger partial charge >= 0.3 is 6.18 Å².